The van der Waals surface area contributed by atoms with Gasteiger partial charge < -0.3 is 5.73 Å². The number of rotatable bonds is 3. The maximum absolute atomic E-state index is 12.8. The summed E-state index contributed by atoms with van der Waals surface area (Å²) in [4.78, 5) is 29.6. The van der Waals surface area contributed by atoms with Gasteiger partial charge in [0.1, 0.15) is 5.69 Å². The quantitative estimate of drug-likeness (QED) is 0.792. The van der Waals surface area contributed by atoms with Gasteiger partial charge in [-0.2, -0.15) is 5.10 Å². The number of aromatic nitrogens is 3. The van der Waals surface area contributed by atoms with Crippen LogP contribution in [0, 0.1) is 0 Å². The molecule has 24 heavy (non-hydrogen) atoms. The fourth-order valence-electron chi connectivity index (χ4n) is 2.20. The Labute approximate surface area is 142 Å². The Kier molecular flexibility index (Phi) is 4.26. The molecule has 0 aliphatic heterocycles. The molecule has 3 amide bonds. The van der Waals surface area contributed by atoms with Gasteiger partial charge in [-0.15, -0.1) is 0 Å². The molecule has 2 heterocycles. The monoisotopic (exact) mass is 341 g/mol. The van der Waals surface area contributed by atoms with Gasteiger partial charge in [-0.05, 0) is 30.3 Å². The van der Waals surface area contributed by atoms with Gasteiger partial charge in [0, 0.05) is 6.20 Å². The number of carbonyl (C=O) groups excluding carboxylic acids is 2. The van der Waals surface area contributed by atoms with Crippen LogP contribution in [0.3, 0.4) is 0 Å². The number of nitrogens with two attached hydrogens (primary N) is 1. The molecule has 0 atom stereocenters. The highest BCUT2D eigenvalue weighted by Crippen LogP contribution is 2.21. The van der Waals surface area contributed by atoms with Crippen molar-refractivity contribution >= 4 is 29.2 Å². The maximum atomic E-state index is 12.8. The summed E-state index contributed by atoms with van der Waals surface area (Å²) in [6.07, 6.45) is 2.95. The van der Waals surface area contributed by atoms with E-state index in [2.05, 4.69) is 10.1 Å². The van der Waals surface area contributed by atoms with Gasteiger partial charge in [-0.25, -0.2) is 19.4 Å². The second-order valence-corrected chi connectivity index (χ2v) is 5.16. The molecular weight excluding hydrogens is 330 g/mol. The van der Waals surface area contributed by atoms with Crippen molar-refractivity contribution in [2.75, 3.05) is 4.90 Å². The summed E-state index contributed by atoms with van der Waals surface area (Å²) in [6, 6.07) is 12.2. The van der Waals surface area contributed by atoms with Crippen LogP contribution in [0.5, 0.6) is 0 Å². The van der Waals surface area contributed by atoms with Crippen LogP contribution in [0.15, 0.2) is 60.9 Å². The lowest BCUT2D eigenvalue weighted by Crippen LogP contribution is -2.41. The number of benzene rings is 1. The van der Waals surface area contributed by atoms with E-state index >= 15 is 0 Å². The number of carbonyl (C=O) groups is 2. The molecule has 0 radical (unpaired) electrons. The molecule has 3 rings (SSSR count). The Morgan fingerprint density at radius 3 is 2.46 bits per heavy atom. The van der Waals surface area contributed by atoms with E-state index in [1.54, 1.807) is 42.5 Å². The molecule has 0 saturated heterocycles. The van der Waals surface area contributed by atoms with Crippen LogP contribution in [0.1, 0.15) is 10.5 Å². The molecule has 0 aliphatic rings. The van der Waals surface area contributed by atoms with Crippen LogP contribution in [-0.4, -0.2) is 26.7 Å². The number of amides is 3. The van der Waals surface area contributed by atoms with Crippen LogP contribution in [0.2, 0.25) is 5.02 Å². The van der Waals surface area contributed by atoms with Crippen LogP contribution in [0.4, 0.5) is 10.5 Å². The Morgan fingerprint density at radius 2 is 1.79 bits per heavy atom. The fraction of sp³-hybridized carbons (Fsp3) is 0. The highest BCUT2D eigenvalue weighted by atomic mass is 35.5. The number of nitrogens with zero attached hydrogens (tertiary/aromatic N) is 4. The summed E-state index contributed by atoms with van der Waals surface area (Å²) in [7, 11) is 0. The Balaban J connectivity index is 2.06. The number of imide groups is 1. The number of halogens is 1. The first-order valence-corrected chi connectivity index (χ1v) is 7.31. The van der Waals surface area contributed by atoms with Crippen molar-refractivity contribution < 1.29 is 9.59 Å². The van der Waals surface area contributed by atoms with Crippen LogP contribution in [0.25, 0.3) is 5.82 Å². The Hall–Kier alpha value is -3.19. The zero-order chi connectivity index (χ0) is 17.1. The number of urea groups is 1. The van der Waals surface area contributed by atoms with Crippen LogP contribution >= 0.6 is 11.6 Å². The minimum atomic E-state index is -0.897. The predicted molar refractivity (Wildman–Crippen MR) is 89.2 cm³/mol. The molecule has 0 bridgehead atoms. The Morgan fingerprint density at radius 1 is 1.04 bits per heavy atom. The van der Waals surface area contributed by atoms with E-state index in [9.17, 15) is 9.59 Å². The third kappa shape index (κ3) is 2.84. The van der Waals surface area contributed by atoms with E-state index in [-0.39, 0.29) is 11.5 Å². The van der Waals surface area contributed by atoms with Crippen molar-refractivity contribution in [2.24, 2.45) is 5.73 Å². The van der Waals surface area contributed by atoms with E-state index in [4.69, 9.17) is 17.3 Å². The fourth-order valence-corrected chi connectivity index (χ4v) is 2.41. The van der Waals surface area contributed by atoms with Gasteiger partial charge in [0.15, 0.2) is 5.82 Å². The first-order valence-electron chi connectivity index (χ1n) is 6.93. The molecule has 2 aromatic heterocycles. The predicted octanol–water partition coefficient (Wildman–Crippen LogP) is 2.65. The molecule has 3 aromatic rings. The zero-order valence-electron chi connectivity index (χ0n) is 12.3. The van der Waals surface area contributed by atoms with E-state index < -0.39 is 11.9 Å². The van der Waals surface area contributed by atoms with Crippen molar-refractivity contribution in [1.82, 2.24) is 14.8 Å². The summed E-state index contributed by atoms with van der Waals surface area (Å²) in [6.45, 7) is 0. The lowest BCUT2D eigenvalue weighted by atomic mass is 10.2. The third-order valence-corrected chi connectivity index (χ3v) is 3.53. The number of anilines is 1. The topological polar surface area (TPSA) is 94.1 Å². The molecule has 0 fully saturated rings. The van der Waals surface area contributed by atoms with E-state index in [0.717, 1.165) is 4.90 Å². The largest absolute Gasteiger partial charge is 0.351 e. The van der Waals surface area contributed by atoms with Crippen molar-refractivity contribution in [1.29, 1.82) is 0 Å². The minimum Gasteiger partial charge on any atom is -0.351 e. The van der Waals surface area contributed by atoms with E-state index in [1.165, 1.54) is 23.1 Å². The van der Waals surface area contributed by atoms with Gasteiger partial charge in [-0.1, -0.05) is 29.8 Å². The SMILES string of the molecule is NC(=O)N(C(=O)c1ccnn1-c1ncccc1Cl)c1ccccc1. The first kappa shape index (κ1) is 15.7. The highest BCUT2D eigenvalue weighted by molar-refractivity contribution is 6.32. The van der Waals surface area contributed by atoms with Gasteiger partial charge in [0.05, 0.1) is 16.9 Å². The standard InChI is InChI=1S/C16H12ClN5O2/c17-12-7-4-9-19-14(12)22-13(8-10-20-22)15(23)21(16(18)24)11-5-2-1-3-6-11/h1-10H,(H2,18,24). The summed E-state index contributed by atoms with van der Waals surface area (Å²) in [5.41, 5.74) is 5.86. The molecule has 0 saturated carbocycles. The van der Waals surface area contributed by atoms with E-state index in [0.29, 0.717) is 10.7 Å². The molecule has 0 aliphatic carbocycles. The summed E-state index contributed by atoms with van der Waals surface area (Å²) in [5.74, 6) is -0.349. The van der Waals surface area contributed by atoms with Gasteiger partial charge in [0.2, 0.25) is 0 Å². The molecule has 0 unspecified atom stereocenters. The number of hydrogen-bond donors (Lipinski definition) is 1. The molecule has 7 nitrogen and oxygen atoms in total. The highest BCUT2D eigenvalue weighted by Gasteiger charge is 2.26. The van der Waals surface area contributed by atoms with Crippen molar-refractivity contribution in [3.8, 4) is 5.82 Å². The Bertz CT molecular complexity index is 894. The molecular formula is C16H12ClN5O2. The minimum absolute atomic E-state index is 0.109. The van der Waals surface area contributed by atoms with Crippen molar-refractivity contribution in [2.45, 2.75) is 0 Å². The average Bonchev–Trinajstić information content (AvgIpc) is 3.05. The molecule has 120 valence electrons. The van der Waals surface area contributed by atoms with Gasteiger partial charge >= 0.3 is 6.03 Å². The van der Waals surface area contributed by atoms with Gasteiger partial charge in [0.25, 0.3) is 5.91 Å². The molecule has 0 spiro atoms. The summed E-state index contributed by atoms with van der Waals surface area (Å²) >= 11 is 6.11. The maximum Gasteiger partial charge on any atom is 0.326 e. The summed E-state index contributed by atoms with van der Waals surface area (Å²) < 4.78 is 1.27. The number of primary amides is 1. The molecule has 2 N–H and O–H groups in total. The average molecular weight is 342 g/mol. The van der Waals surface area contributed by atoms with Gasteiger partial charge in [-0.3, -0.25) is 4.79 Å². The molecule has 1 aromatic carbocycles. The smallest absolute Gasteiger partial charge is 0.326 e. The number of pyridine rings is 1. The van der Waals surface area contributed by atoms with Crippen LogP contribution in [-0.2, 0) is 0 Å². The second-order valence-electron chi connectivity index (χ2n) is 4.75. The number of hydrogen-bond acceptors (Lipinski definition) is 4. The lowest BCUT2D eigenvalue weighted by molar-refractivity contribution is 0.0987. The lowest BCUT2D eigenvalue weighted by Gasteiger charge is -2.19. The van der Waals surface area contributed by atoms with Crippen LogP contribution < -0.4 is 10.6 Å². The number of para-hydroxylation sites is 1. The van der Waals surface area contributed by atoms with E-state index in [1.807, 2.05) is 0 Å². The summed E-state index contributed by atoms with van der Waals surface area (Å²) in [5, 5.41) is 4.39. The third-order valence-electron chi connectivity index (χ3n) is 3.24. The normalized spacial score (nSPS) is 10.4. The second kappa shape index (κ2) is 6.51. The first-order chi connectivity index (χ1) is 11.6. The zero-order valence-corrected chi connectivity index (χ0v) is 13.1. The molecule has 8 heteroatoms. The van der Waals surface area contributed by atoms with Crippen molar-refractivity contribution in [3.63, 3.8) is 0 Å². The van der Waals surface area contributed by atoms with Crippen molar-refractivity contribution in [3.05, 3.63) is 71.6 Å².